The van der Waals surface area contributed by atoms with Crippen LogP contribution >= 0.6 is 0 Å². The average molecular weight is 428 g/mol. The fourth-order valence-electron chi connectivity index (χ4n) is 3.78. The maximum absolute atomic E-state index is 13.7. The van der Waals surface area contributed by atoms with Crippen molar-refractivity contribution in [1.82, 2.24) is 15.0 Å². The Morgan fingerprint density at radius 3 is 2.50 bits per heavy atom. The molecule has 0 unspecified atom stereocenters. The fourth-order valence-corrected chi connectivity index (χ4v) is 3.78. The van der Waals surface area contributed by atoms with E-state index in [9.17, 15) is 9.18 Å². The quantitative estimate of drug-likeness (QED) is 0.451. The van der Waals surface area contributed by atoms with Crippen molar-refractivity contribution in [2.75, 3.05) is 31.1 Å². The number of halogens is 1. The molecule has 0 spiro atoms. The van der Waals surface area contributed by atoms with Crippen LogP contribution in [0.3, 0.4) is 0 Å². The van der Waals surface area contributed by atoms with Gasteiger partial charge in [-0.25, -0.2) is 4.39 Å². The SMILES string of the molecule is O=C(/C=C/c1ccccc1F)N1CCN(c2nc(-c3ccc4ccccc4c3)no2)CC1. The number of carbonyl (C=O) groups is 1. The molecule has 6 nitrogen and oxygen atoms in total. The molecule has 160 valence electrons. The molecule has 5 rings (SSSR count). The number of hydrogen-bond acceptors (Lipinski definition) is 5. The van der Waals surface area contributed by atoms with E-state index >= 15 is 0 Å². The second-order valence-corrected chi connectivity index (χ2v) is 7.63. The van der Waals surface area contributed by atoms with Crippen molar-refractivity contribution in [1.29, 1.82) is 0 Å². The van der Waals surface area contributed by atoms with Crippen molar-refractivity contribution >= 4 is 28.8 Å². The van der Waals surface area contributed by atoms with Gasteiger partial charge in [0.05, 0.1) is 0 Å². The minimum atomic E-state index is -0.347. The predicted molar refractivity (Wildman–Crippen MR) is 121 cm³/mol. The summed E-state index contributed by atoms with van der Waals surface area (Å²) in [6, 6.07) is 21.0. The number of hydrogen-bond donors (Lipinski definition) is 0. The zero-order valence-corrected chi connectivity index (χ0v) is 17.3. The summed E-state index contributed by atoms with van der Waals surface area (Å²) in [4.78, 5) is 20.7. The van der Waals surface area contributed by atoms with Gasteiger partial charge >= 0.3 is 6.01 Å². The van der Waals surface area contributed by atoms with E-state index in [4.69, 9.17) is 4.52 Å². The van der Waals surface area contributed by atoms with Crippen LogP contribution in [0.5, 0.6) is 0 Å². The summed E-state index contributed by atoms with van der Waals surface area (Å²) in [7, 11) is 0. The molecule has 1 fully saturated rings. The summed E-state index contributed by atoms with van der Waals surface area (Å²) >= 11 is 0. The van der Waals surface area contributed by atoms with E-state index in [-0.39, 0.29) is 11.7 Å². The standard InChI is InChI=1S/C25H21FN4O2/c26-22-8-4-3-6-19(22)11-12-23(31)29-13-15-30(16-14-29)25-27-24(28-32-25)21-10-9-18-5-1-2-7-20(18)17-21/h1-12,17H,13-16H2/b12-11+. The summed E-state index contributed by atoms with van der Waals surface area (Å²) in [6.07, 6.45) is 2.93. The molecule has 7 heteroatoms. The summed E-state index contributed by atoms with van der Waals surface area (Å²) < 4.78 is 19.2. The van der Waals surface area contributed by atoms with Crippen LogP contribution in [-0.4, -0.2) is 47.1 Å². The molecule has 0 N–H and O–H groups in total. The smallest absolute Gasteiger partial charge is 0.324 e. The molecule has 1 amide bonds. The van der Waals surface area contributed by atoms with Crippen LogP contribution in [0.4, 0.5) is 10.4 Å². The van der Waals surface area contributed by atoms with E-state index in [0.29, 0.717) is 43.6 Å². The fraction of sp³-hybridized carbons (Fsp3) is 0.160. The molecule has 1 saturated heterocycles. The van der Waals surface area contributed by atoms with Gasteiger partial charge in [0.25, 0.3) is 0 Å². The number of nitrogens with zero attached hydrogens (tertiary/aromatic N) is 4. The Morgan fingerprint density at radius 2 is 1.69 bits per heavy atom. The van der Waals surface area contributed by atoms with Crippen molar-refractivity contribution in [2.45, 2.75) is 0 Å². The van der Waals surface area contributed by atoms with E-state index in [2.05, 4.69) is 22.3 Å². The molecular weight excluding hydrogens is 407 g/mol. The van der Waals surface area contributed by atoms with Gasteiger partial charge in [0.15, 0.2) is 0 Å². The van der Waals surface area contributed by atoms with Crippen LogP contribution in [0.15, 0.2) is 77.3 Å². The lowest BCUT2D eigenvalue weighted by Crippen LogP contribution is -2.48. The van der Waals surface area contributed by atoms with Gasteiger partial charge in [-0.15, -0.1) is 0 Å². The first-order valence-corrected chi connectivity index (χ1v) is 10.5. The predicted octanol–water partition coefficient (Wildman–Crippen LogP) is 4.39. The van der Waals surface area contributed by atoms with Crippen LogP contribution in [0.2, 0.25) is 0 Å². The molecule has 0 aliphatic carbocycles. The first-order chi connectivity index (χ1) is 15.7. The second kappa shape index (κ2) is 8.63. The van der Waals surface area contributed by atoms with E-state index < -0.39 is 0 Å². The Bertz CT molecular complexity index is 1290. The lowest BCUT2D eigenvalue weighted by atomic mass is 10.1. The Labute approximate surface area is 184 Å². The number of anilines is 1. The molecule has 1 aliphatic rings. The summed E-state index contributed by atoms with van der Waals surface area (Å²) in [6.45, 7) is 2.21. The Morgan fingerprint density at radius 1 is 0.938 bits per heavy atom. The summed E-state index contributed by atoms with van der Waals surface area (Å²) in [5.41, 5.74) is 1.29. The van der Waals surface area contributed by atoms with Crippen molar-refractivity contribution in [3.63, 3.8) is 0 Å². The zero-order chi connectivity index (χ0) is 21.9. The maximum Gasteiger partial charge on any atom is 0.324 e. The van der Waals surface area contributed by atoms with Crippen LogP contribution in [-0.2, 0) is 4.79 Å². The molecule has 4 aromatic rings. The van der Waals surface area contributed by atoms with Crippen LogP contribution in [0, 0.1) is 5.82 Å². The third kappa shape index (κ3) is 4.09. The second-order valence-electron chi connectivity index (χ2n) is 7.63. The van der Waals surface area contributed by atoms with Crippen molar-refractivity contribution < 1.29 is 13.7 Å². The molecule has 0 bridgehead atoms. The molecule has 0 atom stereocenters. The van der Waals surface area contributed by atoms with Gasteiger partial charge in [0.1, 0.15) is 5.82 Å². The summed E-state index contributed by atoms with van der Waals surface area (Å²) in [5, 5.41) is 6.41. The maximum atomic E-state index is 13.7. The Hall–Kier alpha value is -4.00. The highest BCUT2D eigenvalue weighted by molar-refractivity contribution is 5.92. The molecule has 0 radical (unpaired) electrons. The lowest BCUT2D eigenvalue weighted by molar-refractivity contribution is -0.126. The molecule has 1 aliphatic heterocycles. The number of benzene rings is 3. The first-order valence-electron chi connectivity index (χ1n) is 10.5. The zero-order valence-electron chi connectivity index (χ0n) is 17.3. The number of carbonyl (C=O) groups excluding carboxylic acids is 1. The number of piperazine rings is 1. The molecule has 32 heavy (non-hydrogen) atoms. The highest BCUT2D eigenvalue weighted by Gasteiger charge is 2.23. The normalized spacial score (nSPS) is 14.4. The van der Waals surface area contributed by atoms with Gasteiger partial charge in [0.2, 0.25) is 11.7 Å². The number of fused-ring (bicyclic) bond motifs is 1. The largest absolute Gasteiger partial charge is 0.336 e. The van der Waals surface area contributed by atoms with E-state index in [0.717, 1.165) is 16.3 Å². The van der Waals surface area contributed by atoms with Gasteiger partial charge < -0.3 is 14.3 Å². The van der Waals surface area contributed by atoms with Crippen LogP contribution in [0.1, 0.15) is 5.56 Å². The molecular formula is C25H21FN4O2. The van der Waals surface area contributed by atoms with E-state index in [1.54, 1.807) is 23.1 Å². The third-order valence-corrected chi connectivity index (χ3v) is 5.60. The van der Waals surface area contributed by atoms with Crippen LogP contribution in [0.25, 0.3) is 28.2 Å². The lowest BCUT2D eigenvalue weighted by Gasteiger charge is -2.32. The molecule has 1 aromatic heterocycles. The Kier molecular flexibility index (Phi) is 5.37. The highest BCUT2D eigenvalue weighted by atomic mass is 19.1. The van der Waals surface area contributed by atoms with E-state index in [1.165, 1.54) is 18.2 Å². The minimum Gasteiger partial charge on any atom is -0.336 e. The van der Waals surface area contributed by atoms with Gasteiger partial charge in [-0.05, 0) is 29.0 Å². The molecule has 2 heterocycles. The first kappa shape index (κ1) is 19.9. The minimum absolute atomic E-state index is 0.143. The third-order valence-electron chi connectivity index (χ3n) is 5.60. The van der Waals surface area contributed by atoms with Crippen molar-refractivity contribution in [3.8, 4) is 11.4 Å². The Balaban J connectivity index is 1.22. The average Bonchev–Trinajstić information content (AvgIpc) is 3.33. The topological polar surface area (TPSA) is 62.5 Å². The number of rotatable bonds is 4. The van der Waals surface area contributed by atoms with Gasteiger partial charge in [-0.1, -0.05) is 59.8 Å². The molecule has 0 saturated carbocycles. The monoisotopic (exact) mass is 428 g/mol. The highest BCUT2D eigenvalue weighted by Crippen LogP contribution is 2.24. The van der Waals surface area contributed by atoms with Crippen LogP contribution < -0.4 is 4.90 Å². The number of amides is 1. The van der Waals surface area contributed by atoms with Crippen molar-refractivity contribution in [3.05, 3.63) is 84.2 Å². The van der Waals surface area contributed by atoms with Gasteiger partial charge in [0, 0.05) is 43.4 Å². The molecule has 3 aromatic carbocycles. The summed E-state index contributed by atoms with van der Waals surface area (Å²) in [5.74, 6) is 0.0485. The van der Waals surface area contributed by atoms with Crippen molar-refractivity contribution in [2.24, 2.45) is 0 Å². The number of aromatic nitrogens is 2. The van der Waals surface area contributed by atoms with Gasteiger partial charge in [-0.3, -0.25) is 4.79 Å². The van der Waals surface area contributed by atoms with E-state index in [1.807, 2.05) is 35.2 Å². The van der Waals surface area contributed by atoms with Gasteiger partial charge in [-0.2, -0.15) is 4.98 Å².